The van der Waals surface area contributed by atoms with Crippen molar-refractivity contribution in [1.82, 2.24) is 19.5 Å². The van der Waals surface area contributed by atoms with Gasteiger partial charge in [-0.15, -0.1) is 0 Å². The zero-order chi connectivity index (χ0) is 13.5. The molecule has 8 heteroatoms. The minimum atomic E-state index is -0.586. The summed E-state index contributed by atoms with van der Waals surface area (Å²) < 4.78 is 6.91. The first-order valence-corrected chi connectivity index (χ1v) is 6.53. The Morgan fingerprint density at radius 2 is 2.11 bits per heavy atom. The van der Waals surface area contributed by atoms with Crippen LogP contribution in [0, 0.1) is 3.83 Å². The van der Waals surface area contributed by atoms with Crippen LogP contribution < -0.4 is 0 Å². The maximum Gasteiger partial charge on any atom is 0.421 e. The van der Waals surface area contributed by atoms with Gasteiger partial charge < -0.3 is 4.74 Å². The van der Waals surface area contributed by atoms with Gasteiger partial charge in [0.05, 0.1) is 0 Å². The molecule has 0 aromatic carbocycles. The number of rotatable bonds is 0. The summed E-state index contributed by atoms with van der Waals surface area (Å²) in [4.78, 5) is 24.1. The Bertz CT molecular complexity index is 620. The third-order valence-corrected chi connectivity index (χ3v) is 2.66. The van der Waals surface area contributed by atoms with Gasteiger partial charge in [0, 0.05) is 22.6 Å². The summed E-state index contributed by atoms with van der Waals surface area (Å²) in [5, 5.41) is 0.215. The van der Waals surface area contributed by atoms with Crippen molar-refractivity contribution in [2.75, 3.05) is 0 Å². The van der Waals surface area contributed by atoms with E-state index in [1.165, 1.54) is 10.9 Å². The first-order chi connectivity index (χ1) is 8.28. The van der Waals surface area contributed by atoms with Gasteiger partial charge >= 0.3 is 6.09 Å². The van der Waals surface area contributed by atoms with Crippen molar-refractivity contribution >= 4 is 51.4 Å². The van der Waals surface area contributed by atoms with Crippen LogP contribution in [0.2, 0.25) is 5.15 Å². The molecule has 18 heavy (non-hydrogen) atoms. The summed E-state index contributed by atoms with van der Waals surface area (Å²) in [5.74, 6) is 0. The van der Waals surface area contributed by atoms with Crippen molar-refractivity contribution in [1.29, 1.82) is 0 Å². The Balaban J connectivity index is 2.49. The van der Waals surface area contributed by atoms with Crippen molar-refractivity contribution in [3.05, 3.63) is 15.3 Å². The van der Waals surface area contributed by atoms with Crippen LogP contribution in [0.25, 0.3) is 11.2 Å². The van der Waals surface area contributed by atoms with E-state index in [1.54, 1.807) is 20.8 Å². The molecule has 96 valence electrons. The topological polar surface area (TPSA) is 69.9 Å². The van der Waals surface area contributed by atoms with E-state index in [4.69, 9.17) is 16.3 Å². The third-order valence-electron chi connectivity index (χ3n) is 1.92. The average Bonchev–Trinajstić information content (AvgIpc) is 2.58. The van der Waals surface area contributed by atoms with E-state index < -0.39 is 11.7 Å². The van der Waals surface area contributed by atoms with Gasteiger partial charge in [0.1, 0.15) is 17.4 Å². The second kappa shape index (κ2) is 4.61. The Kier molecular flexibility index (Phi) is 3.45. The lowest BCUT2D eigenvalue weighted by molar-refractivity contribution is 0.0542. The summed E-state index contributed by atoms with van der Waals surface area (Å²) in [6, 6.07) is 0. The van der Waals surface area contributed by atoms with Crippen LogP contribution >= 0.6 is 34.2 Å². The van der Waals surface area contributed by atoms with Crippen molar-refractivity contribution in [3.8, 4) is 0 Å². The van der Waals surface area contributed by atoms with Gasteiger partial charge in [0.2, 0.25) is 0 Å². The average molecular weight is 381 g/mol. The first-order valence-electron chi connectivity index (χ1n) is 5.07. The molecule has 2 aromatic heterocycles. The van der Waals surface area contributed by atoms with Crippen LogP contribution in [0.4, 0.5) is 4.79 Å². The van der Waals surface area contributed by atoms with Gasteiger partial charge in [-0.25, -0.2) is 24.3 Å². The fourth-order valence-corrected chi connectivity index (χ4v) is 2.11. The molecule has 0 unspecified atom stereocenters. The van der Waals surface area contributed by atoms with Crippen LogP contribution in [0.3, 0.4) is 0 Å². The van der Waals surface area contributed by atoms with E-state index in [9.17, 15) is 4.79 Å². The van der Waals surface area contributed by atoms with Gasteiger partial charge in [-0.1, -0.05) is 11.6 Å². The Morgan fingerprint density at radius 1 is 1.44 bits per heavy atom. The summed E-state index contributed by atoms with van der Waals surface area (Å²) >= 11 is 7.85. The molecule has 0 atom stereocenters. The summed E-state index contributed by atoms with van der Waals surface area (Å²) in [6.45, 7) is 5.36. The van der Waals surface area contributed by atoms with E-state index in [-0.39, 0.29) is 5.15 Å². The standard InChI is InChI=1S/C10H10ClIN4O2/c1-10(2,3)18-9(17)16-4-13-5-6(11)14-8(12)15-7(5)16/h4H,1-3H3. The number of imidazole rings is 1. The fraction of sp³-hybridized carbons (Fsp3) is 0.400. The molecular weight excluding hydrogens is 370 g/mol. The van der Waals surface area contributed by atoms with Gasteiger partial charge in [-0.2, -0.15) is 0 Å². The largest absolute Gasteiger partial charge is 0.443 e. The highest BCUT2D eigenvalue weighted by molar-refractivity contribution is 14.1. The molecule has 0 saturated heterocycles. The molecule has 0 aliphatic heterocycles. The molecule has 0 N–H and O–H groups in total. The van der Waals surface area contributed by atoms with E-state index in [0.717, 1.165) is 0 Å². The Hall–Kier alpha value is -0.960. The third kappa shape index (κ3) is 2.72. The van der Waals surface area contributed by atoms with E-state index in [1.807, 2.05) is 22.6 Å². The normalized spacial score (nSPS) is 11.8. The van der Waals surface area contributed by atoms with Crippen LogP contribution in [0.15, 0.2) is 6.33 Å². The molecule has 0 amide bonds. The van der Waals surface area contributed by atoms with E-state index in [0.29, 0.717) is 15.0 Å². The first kappa shape index (κ1) is 13.5. The summed E-state index contributed by atoms with van der Waals surface area (Å²) in [5.41, 5.74) is 0.133. The van der Waals surface area contributed by atoms with Crippen LogP contribution in [0.1, 0.15) is 20.8 Å². The molecule has 0 bridgehead atoms. The monoisotopic (exact) mass is 380 g/mol. The number of fused-ring (bicyclic) bond motifs is 1. The van der Waals surface area contributed by atoms with Gasteiger partial charge in [-0.05, 0) is 20.8 Å². The SMILES string of the molecule is CC(C)(C)OC(=O)n1cnc2c(Cl)nc(I)nc21. The zero-order valence-electron chi connectivity index (χ0n) is 9.94. The molecule has 0 fully saturated rings. The minimum Gasteiger partial charge on any atom is -0.443 e. The lowest BCUT2D eigenvalue weighted by atomic mass is 10.2. The second-order valence-electron chi connectivity index (χ2n) is 4.55. The zero-order valence-corrected chi connectivity index (χ0v) is 12.9. The minimum absolute atomic E-state index is 0.215. The molecule has 2 rings (SSSR count). The van der Waals surface area contributed by atoms with Crippen LogP contribution in [0.5, 0.6) is 0 Å². The molecule has 2 aromatic rings. The lowest BCUT2D eigenvalue weighted by Crippen LogP contribution is -2.27. The lowest BCUT2D eigenvalue weighted by Gasteiger charge is -2.19. The highest BCUT2D eigenvalue weighted by Crippen LogP contribution is 2.20. The maximum atomic E-state index is 12.0. The van der Waals surface area contributed by atoms with Crippen molar-refractivity contribution in [2.24, 2.45) is 0 Å². The number of hydrogen-bond donors (Lipinski definition) is 0. The van der Waals surface area contributed by atoms with E-state index >= 15 is 0 Å². The molecule has 0 aliphatic carbocycles. The molecule has 6 nitrogen and oxygen atoms in total. The number of carbonyl (C=O) groups is 1. The smallest absolute Gasteiger partial charge is 0.421 e. The van der Waals surface area contributed by atoms with Crippen molar-refractivity contribution in [3.63, 3.8) is 0 Å². The van der Waals surface area contributed by atoms with Gasteiger partial charge in [0.15, 0.2) is 14.6 Å². The predicted molar refractivity (Wildman–Crippen MR) is 74.7 cm³/mol. The second-order valence-corrected chi connectivity index (χ2v) is 5.87. The fourth-order valence-electron chi connectivity index (χ4n) is 1.29. The number of nitrogens with zero attached hydrogens (tertiary/aromatic N) is 4. The number of aromatic nitrogens is 4. The molecule has 0 spiro atoms. The molecule has 0 aliphatic rings. The summed E-state index contributed by atoms with van der Waals surface area (Å²) in [6.07, 6.45) is 0.783. The highest BCUT2D eigenvalue weighted by Gasteiger charge is 2.21. The highest BCUT2D eigenvalue weighted by atomic mass is 127. The quantitative estimate of drug-likeness (QED) is 0.399. The maximum absolute atomic E-state index is 12.0. The van der Waals surface area contributed by atoms with Gasteiger partial charge in [-0.3, -0.25) is 0 Å². The number of hydrogen-bond acceptors (Lipinski definition) is 5. The Labute approximate surface area is 122 Å². The van der Waals surface area contributed by atoms with Crippen LogP contribution in [-0.4, -0.2) is 31.2 Å². The summed E-state index contributed by atoms with van der Waals surface area (Å²) in [7, 11) is 0. The number of carbonyl (C=O) groups excluding carboxylic acids is 1. The van der Waals surface area contributed by atoms with E-state index in [2.05, 4.69) is 15.0 Å². The molecule has 2 heterocycles. The Morgan fingerprint density at radius 3 is 2.72 bits per heavy atom. The predicted octanol–water partition coefficient (Wildman–Crippen LogP) is 2.87. The molecule has 0 radical (unpaired) electrons. The van der Waals surface area contributed by atoms with Crippen LogP contribution in [-0.2, 0) is 4.74 Å². The van der Waals surface area contributed by atoms with Gasteiger partial charge in [0.25, 0.3) is 0 Å². The van der Waals surface area contributed by atoms with Crippen molar-refractivity contribution in [2.45, 2.75) is 26.4 Å². The van der Waals surface area contributed by atoms with Crippen molar-refractivity contribution < 1.29 is 9.53 Å². The number of ether oxygens (including phenoxy) is 1. The molecular formula is C10H10ClIN4O2. The molecule has 0 saturated carbocycles. The number of halogens is 2.